The van der Waals surface area contributed by atoms with Crippen LogP contribution in [0.25, 0.3) is 0 Å². The highest BCUT2D eigenvalue weighted by Gasteiger charge is 2.05. The summed E-state index contributed by atoms with van der Waals surface area (Å²) in [6, 6.07) is 9.37. The van der Waals surface area contributed by atoms with Gasteiger partial charge in [0.15, 0.2) is 0 Å². The van der Waals surface area contributed by atoms with Gasteiger partial charge in [0.05, 0.1) is 6.20 Å². The van der Waals surface area contributed by atoms with Crippen LogP contribution in [-0.2, 0) is 22.7 Å². The van der Waals surface area contributed by atoms with Crippen LogP contribution in [0.15, 0.2) is 53.7 Å². The van der Waals surface area contributed by atoms with Crippen LogP contribution in [0.2, 0.25) is 0 Å². The lowest BCUT2D eigenvalue weighted by Crippen LogP contribution is -2.24. The maximum absolute atomic E-state index is 11.5. The van der Waals surface area contributed by atoms with Crippen LogP contribution in [0.1, 0.15) is 5.56 Å². The van der Waals surface area contributed by atoms with Crippen molar-refractivity contribution in [3.63, 3.8) is 0 Å². The highest BCUT2D eigenvalue weighted by molar-refractivity contribution is 5.69. The standard InChI is InChI=1S/C13H12N2O3/c16-12-8-14-6-7-15(12)9-13(17)18-10-11-4-2-1-3-5-11/h1-8H,9-10H2. The molecule has 1 heterocycles. The molecule has 5 heteroatoms. The molecule has 0 N–H and O–H groups in total. The Bertz CT molecular complexity index is 578. The molecule has 0 bridgehead atoms. The van der Waals surface area contributed by atoms with Gasteiger partial charge in [-0.05, 0) is 5.56 Å². The minimum atomic E-state index is -0.452. The van der Waals surface area contributed by atoms with Gasteiger partial charge >= 0.3 is 5.97 Å². The number of hydrogen-bond donors (Lipinski definition) is 0. The minimum Gasteiger partial charge on any atom is -0.459 e. The second kappa shape index (κ2) is 5.77. The van der Waals surface area contributed by atoms with Crippen molar-refractivity contribution in [2.45, 2.75) is 13.2 Å². The first-order valence-electron chi connectivity index (χ1n) is 5.46. The highest BCUT2D eigenvalue weighted by Crippen LogP contribution is 2.00. The lowest BCUT2D eigenvalue weighted by molar-refractivity contribution is -0.145. The molecule has 1 aromatic carbocycles. The normalized spacial score (nSPS) is 10.0. The summed E-state index contributed by atoms with van der Waals surface area (Å²) >= 11 is 0. The fourth-order valence-corrected chi connectivity index (χ4v) is 1.43. The van der Waals surface area contributed by atoms with Gasteiger partial charge < -0.3 is 9.30 Å². The molecule has 0 saturated heterocycles. The van der Waals surface area contributed by atoms with E-state index in [1.807, 2.05) is 30.3 Å². The molecular formula is C13H12N2O3. The van der Waals surface area contributed by atoms with Gasteiger partial charge in [0, 0.05) is 12.4 Å². The lowest BCUT2D eigenvalue weighted by Gasteiger charge is -2.06. The van der Waals surface area contributed by atoms with Crippen LogP contribution >= 0.6 is 0 Å². The number of aromatic nitrogens is 2. The molecule has 2 rings (SSSR count). The van der Waals surface area contributed by atoms with E-state index >= 15 is 0 Å². The van der Waals surface area contributed by atoms with Crippen LogP contribution in [0.3, 0.4) is 0 Å². The van der Waals surface area contributed by atoms with Crippen molar-refractivity contribution >= 4 is 5.97 Å². The minimum absolute atomic E-state index is 0.103. The lowest BCUT2D eigenvalue weighted by atomic mass is 10.2. The molecule has 0 aliphatic heterocycles. The predicted octanol–water partition coefficient (Wildman–Crippen LogP) is 0.987. The number of ether oxygens (including phenoxy) is 1. The Morgan fingerprint density at radius 3 is 2.78 bits per heavy atom. The van der Waals surface area contributed by atoms with Gasteiger partial charge in [0.1, 0.15) is 13.2 Å². The first-order valence-corrected chi connectivity index (χ1v) is 5.46. The van der Waals surface area contributed by atoms with E-state index in [1.165, 1.54) is 17.0 Å². The molecule has 18 heavy (non-hydrogen) atoms. The van der Waals surface area contributed by atoms with Crippen LogP contribution in [-0.4, -0.2) is 15.5 Å². The van der Waals surface area contributed by atoms with E-state index in [9.17, 15) is 9.59 Å². The van der Waals surface area contributed by atoms with Crippen molar-refractivity contribution in [1.82, 2.24) is 9.55 Å². The van der Waals surface area contributed by atoms with Gasteiger partial charge in [-0.2, -0.15) is 0 Å². The number of hydrogen-bond acceptors (Lipinski definition) is 4. The Morgan fingerprint density at radius 1 is 1.28 bits per heavy atom. The largest absolute Gasteiger partial charge is 0.459 e. The zero-order chi connectivity index (χ0) is 12.8. The van der Waals surface area contributed by atoms with Crippen molar-refractivity contribution in [2.75, 3.05) is 0 Å². The molecule has 0 aliphatic carbocycles. The third-order valence-corrected chi connectivity index (χ3v) is 2.34. The second-order valence-electron chi connectivity index (χ2n) is 3.69. The zero-order valence-corrected chi connectivity index (χ0v) is 9.65. The summed E-state index contributed by atoms with van der Waals surface area (Å²) in [6.45, 7) is 0.105. The van der Waals surface area contributed by atoms with E-state index in [1.54, 1.807) is 0 Å². The van der Waals surface area contributed by atoms with Gasteiger partial charge in [0.2, 0.25) is 0 Å². The van der Waals surface area contributed by atoms with E-state index in [2.05, 4.69) is 4.98 Å². The summed E-state index contributed by atoms with van der Waals surface area (Å²) < 4.78 is 6.32. The first kappa shape index (κ1) is 12.0. The number of benzene rings is 1. The van der Waals surface area contributed by atoms with E-state index < -0.39 is 5.97 Å². The molecule has 0 radical (unpaired) electrons. The van der Waals surface area contributed by atoms with E-state index in [0.29, 0.717) is 0 Å². The summed E-state index contributed by atoms with van der Waals surface area (Å²) in [6.07, 6.45) is 4.06. The second-order valence-corrected chi connectivity index (χ2v) is 3.69. The van der Waals surface area contributed by atoms with E-state index in [-0.39, 0.29) is 18.7 Å². The molecule has 5 nitrogen and oxygen atoms in total. The molecule has 1 aromatic heterocycles. The maximum atomic E-state index is 11.5. The third kappa shape index (κ3) is 3.28. The molecular weight excluding hydrogens is 232 g/mol. The molecule has 0 atom stereocenters. The fraction of sp³-hybridized carbons (Fsp3) is 0.154. The van der Waals surface area contributed by atoms with Gasteiger partial charge in [0.25, 0.3) is 5.56 Å². The Kier molecular flexibility index (Phi) is 3.86. The average molecular weight is 244 g/mol. The molecule has 2 aromatic rings. The van der Waals surface area contributed by atoms with Crippen molar-refractivity contribution in [3.8, 4) is 0 Å². The van der Waals surface area contributed by atoms with Gasteiger partial charge in [-0.25, -0.2) is 0 Å². The third-order valence-electron chi connectivity index (χ3n) is 2.34. The fourth-order valence-electron chi connectivity index (χ4n) is 1.43. The van der Waals surface area contributed by atoms with Crippen molar-refractivity contribution in [2.24, 2.45) is 0 Å². The quantitative estimate of drug-likeness (QED) is 0.752. The molecule has 0 saturated carbocycles. The predicted molar refractivity (Wildman–Crippen MR) is 64.7 cm³/mol. The maximum Gasteiger partial charge on any atom is 0.326 e. The summed E-state index contributed by atoms with van der Waals surface area (Å²) in [4.78, 5) is 26.5. The summed E-state index contributed by atoms with van der Waals surface area (Å²) in [5.41, 5.74) is 0.585. The average Bonchev–Trinajstić information content (AvgIpc) is 2.40. The highest BCUT2D eigenvalue weighted by atomic mass is 16.5. The first-order chi connectivity index (χ1) is 8.75. The molecule has 0 unspecified atom stereocenters. The molecule has 0 fully saturated rings. The summed E-state index contributed by atoms with van der Waals surface area (Å²) in [7, 11) is 0. The Hall–Kier alpha value is -2.43. The van der Waals surface area contributed by atoms with Crippen molar-refractivity contribution in [1.29, 1.82) is 0 Å². The SMILES string of the molecule is O=C(Cn1ccncc1=O)OCc1ccccc1. The zero-order valence-electron chi connectivity index (χ0n) is 9.65. The van der Waals surface area contributed by atoms with Crippen LogP contribution in [0.4, 0.5) is 0 Å². The summed E-state index contributed by atoms with van der Waals surface area (Å²) in [5.74, 6) is -0.452. The van der Waals surface area contributed by atoms with Crippen LogP contribution in [0, 0.1) is 0 Å². The van der Waals surface area contributed by atoms with E-state index in [0.717, 1.165) is 11.8 Å². The molecule has 92 valence electrons. The van der Waals surface area contributed by atoms with Gasteiger partial charge in [-0.1, -0.05) is 30.3 Å². The number of carbonyl (C=O) groups is 1. The van der Waals surface area contributed by atoms with Crippen molar-refractivity contribution < 1.29 is 9.53 Å². The van der Waals surface area contributed by atoms with E-state index in [4.69, 9.17) is 4.74 Å². The van der Waals surface area contributed by atoms with Crippen LogP contribution < -0.4 is 5.56 Å². The number of esters is 1. The smallest absolute Gasteiger partial charge is 0.326 e. The van der Waals surface area contributed by atoms with Crippen LogP contribution in [0.5, 0.6) is 0 Å². The Balaban J connectivity index is 1.90. The van der Waals surface area contributed by atoms with Gasteiger partial charge in [-0.15, -0.1) is 0 Å². The summed E-state index contributed by atoms with van der Waals surface area (Å²) in [5, 5.41) is 0. The molecule has 0 spiro atoms. The molecule has 0 aliphatic rings. The number of nitrogens with zero attached hydrogens (tertiary/aromatic N) is 2. The monoisotopic (exact) mass is 244 g/mol. The topological polar surface area (TPSA) is 61.2 Å². The van der Waals surface area contributed by atoms with Crippen molar-refractivity contribution in [3.05, 3.63) is 64.8 Å². The van der Waals surface area contributed by atoms with Gasteiger partial charge in [-0.3, -0.25) is 14.6 Å². The Labute approximate surface area is 104 Å². The number of carbonyl (C=O) groups excluding carboxylic acids is 1. The molecule has 0 amide bonds. The number of rotatable bonds is 4. The Morgan fingerprint density at radius 2 is 2.06 bits per heavy atom.